The molecule has 1 saturated carbocycles. The number of hydrogen-bond acceptors (Lipinski definition) is 2. The van der Waals surface area contributed by atoms with Crippen LogP contribution in [0.1, 0.15) is 43.9 Å². The topological polar surface area (TPSA) is 24.9 Å². The zero-order chi connectivity index (χ0) is 11.5. The summed E-state index contributed by atoms with van der Waals surface area (Å²) < 4.78 is 0. The minimum absolute atomic E-state index is 0.477. The van der Waals surface area contributed by atoms with Gasteiger partial charge in [-0.05, 0) is 49.3 Å². The van der Waals surface area contributed by atoms with Crippen molar-refractivity contribution in [2.24, 2.45) is 11.8 Å². The van der Waals surface area contributed by atoms with Crippen LogP contribution in [0.15, 0.2) is 18.5 Å². The Morgan fingerprint density at radius 1 is 1.44 bits per heavy atom. The molecule has 88 valence electrons. The van der Waals surface area contributed by atoms with E-state index in [9.17, 15) is 0 Å². The van der Waals surface area contributed by atoms with E-state index in [1.807, 2.05) is 12.4 Å². The standard InChI is InChI=1S/C14H22N2/c1-4-16-14(11(3)12-5-6-12)13-7-10(2)8-15-9-13/h7-9,11-12,14,16H,4-6H2,1-3H3. The number of pyridine rings is 1. The van der Waals surface area contributed by atoms with Crippen molar-refractivity contribution in [1.82, 2.24) is 10.3 Å². The minimum Gasteiger partial charge on any atom is -0.310 e. The molecule has 0 radical (unpaired) electrons. The van der Waals surface area contributed by atoms with Crippen molar-refractivity contribution in [1.29, 1.82) is 0 Å². The first kappa shape index (κ1) is 11.6. The summed E-state index contributed by atoms with van der Waals surface area (Å²) in [6, 6.07) is 2.74. The summed E-state index contributed by atoms with van der Waals surface area (Å²) in [5, 5.41) is 3.61. The molecule has 1 heterocycles. The second-order valence-corrected chi connectivity index (χ2v) is 5.03. The molecule has 1 aliphatic rings. The zero-order valence-electron chi connectivity index (χ0n) is 10.5. The van der Waals surface area contributed by atoms with Crippen molar-refractivity contribution in [2.45, 2.75) is 39.7 Å². The Balaban J connectivity index is 2.17. The van der Waals surface area contributed by atoms with Gasteiger partial charge in [0.2, 0.25) is 0 Å². The minimum atomic E-state index is 0.477. The second kappa shape index (κ2) is 4.96. The summed E-state index contributed by atoms with van der Waals surface area (Å²) >= 11 is 0. The Morgan fingerprint density at radius 2 is 2.19 bits per heavy atom. The van der Waals surface area contributed by atoms with Gasteiger partial charge in [-0.3, -0.25) is 4.98 Å². The number of aromatic nitrogens is 1. The molecule has 1 aromatic rings. The van der Waals surface area contributed by atoms with E-state index in [-0.39, 0.29) is 0 Å². The zero-order valence-corrected chi connectivity index (χ0v) is 10.5. The van der Waals surface area contributed by atoms with Gasteiger partial charge in [0.05, 0.1) is 0 Å². The smallest absolute Gasteiger partial charge is 0.0363 e. The van der Waals surface area contributed by atoms with Crippen LogP contribution in [0, 0.1) is 18.8 Å². The number of nitrogens with one attached hydrogen (secondary N) is 1. The van der Waals surface area contributed by atoms with Crippen LogP contribution in [-0.4, -0.2) is 11.5 Å². The van der Waals surface area contributed by atoms with Crippen molar-refractivity contribution in [3.63, 3.8) is 0 Å². The van der Waals surface area contributed by atoms with Crippen LogP contribution < -0.4 is 5.32 Å². The van der Waals surface area contributed by atoms with Gasteiger partial charge in [-0.15, -0.1) is 0 Å². The van der Waals surface area contributed by atoms with Crippen LogP contribution in [0.3, 0.4) is 0 Å². The fourth-order valence-corrected chi connectivity index (χ4v) is 2.47. The molecular weight excluding hydrogens is 196 g/mol. The average Bonchev–Trinajstić information content (AvgIpc) is 3.08. The first-order valence-electron chi connectivity index (χ1n) is 6.37. The molecule has 1 fully saturated rings. The summed E-state index contributed by atoms with van der Waals surface area (Å²) in [5.74, 6) is 1.65. The normalized spacial score (nSPS) is 19.4. The monoisotopic (exact) mass is 218 g/mol. The lowest BCUT2D eigenvalue weighted by atomic mass is 9.91. The van der Waals surface area contributed by atoms with E-state index in [1.165, 1.54) is 24.0 Å². The highest BCUT2D eigenvalue weighted by atomic mass is 14.9. The van der Waals surface area contributed by atoms with E-state index in [4.69, 9.17) is 0 Å². The molecule has 0 aliphatic heterocycles. The van der Waals surface area contributed by atoms with Gasteiger partial charge >= 0.3 is 0 Å². The molecule has 2 nitrogen and oxygen atoms in total. The van der Waals surface area contributed by atoms with E-state index in [2.05, 4.69) is 37.1 Å². The summed E-state index contributed by atoms with van der Waals surface area (Å²) in [4.78, 5) is 4.31. The lowest BCUT2D eigenvalue weighted by Gasteiger charge is -2.25. The van der Waals surface area contributed by atoms with E-state index < -0.39 is 0 Å². The predicted octanol–water partition coefficient (Wildman–Crippen LogP) is 3.09. The van der Waals surface area contributed by atoms with E-state index >= 15 is 0 Å². The van der Waals surface area contributed by atoms with Crippen molar-refractivity contribution in [3.8, 4) is 0 Å². The molecular formula is C14H22N2. The maximum Gasteiger partial charge on any atom is 0.0363 e. The highest BCUT2D eigenvalue weighted by Crippen LogP contribution is 2.42. The molecule has 2 heteroatoms. The molecule has 16 heavy (non-hydrogen) atoms. The van der Waals surface area contributed by atoms with Crippen molar-refractivity contribution in [2.75, 3.05) is 6.54 Å². The van der Waals surface area contributed by atoms with Gasteiger partial charge < -0.3 is 5.32 Å². The lowest BCUT2D eigenvalue weighted by molar-refractivity contribution is 0.354. The van der Waals surface area contributed by atoms with Gasteiger partial charge in [0.1, 0.15) is 0 Å². The predicted molar refractivity (Wildman–Crippen MR) is 67.3 cm³/mol. The molecule has 0 amide bonds. The number of nitrogens with zero attached hydrogens (tertiary/aromatic N) is 1. The average molecular weight is 218 g/mol. The summed E-state index contributed by atoms with van der Waals surface area (Å²) in [6.07, 6.45) is 6.75. The van der Waals surface area contributed by atoms with Crippen LogP contribution in [-0.2, 0) is 0 Å². The summed E-state index contributed by atoms with van der Waals surface area (Å²) in [6.45, 7) is 7.68. The largest absolute Gasteiger partial charge is 0.310 e. The molecule has 0 bridgehead atoms. The van der Waals surface area contributed by atoms with Gasteiger partial charge in [0.15, 0.2) is 0 Å². The van der Waals surface area contributed by atoms with Crippen molar-refractivity contribution in [3.05, 3.63) is 29.6 Å². The SMILES string of the molecule is CCNC(c1cncc(C)c1)C(C)C1CC1. The summed E-state index contributed by atoms with van der Waals surface area (Å²) in [7, 11) is 0. The lowest BCUT2D eigenvalue weighted by Crippen LogP contribution is -2.28. The third kappa shape index (κ3) is 2.62. The van der Waals surface area contributed by atoms with Crippen LogP contribution >= 0.6 is 0 Å². The van der Waals surface area contributed by atoms with Gasteiger partial charge in [0.25, 0.3) is 0 Å². The number of rotatable bonds is 5. The van der Waals surface area contributed by atoms with Gasteiger partial charge in [-0.1, -0.05) is 19.9 Å². The van der Waals surface area contributed by atoms with Crippen LogP contribution in [0.2, 0.25) is 0 Å². The maximum atomic E-state index is 4.31. The summed E-state index contributed by atoms with van der Waals surface area (Å²) in [5.41, 5.74) is 2.60. The van der Waals surface area contributed by atoms with Gasteiger partial charge in [-0.25, -0.2) is 0 Å². The fraction of sp³-hybridized carbons (Fsp3) is 0.643. The van der Waals surface area contributed by atoms with Crippen molar-refractivity contribution >= 4 is 0 Å². The molecule has 0 saturated heterocycles. The highest BCUT2D eigenvalue weighted by Gasteiger charge is 2.33. The Hall–Kier alpha value is -0.890. The third-order valence-electron chi connectivity index (χ3n) is 3.57. The van der Waals surface area contributed by atoms with Crippen molar-refractivity contribution < 1.29 is 0 Å². The molecule has 0 aromatic carbocycles. The number of aryl methyl sites for hydroxylation is 1. The first-order valence-corrected chi connectivity index (χ1v) is 6.37. The molecule has 2 rings (SSSR count). The highest BCUT2D eigenvalue weighted by molar-refractivity contribution is 5.21. The van der Waals surface area contributed by atoms with Gasteiger partial charge in [-0.2, -0.15) is 0 Å². The van der Waals surface area contributed by atoms with E-state index in [0.29, 0.717) is 6.04 Å². The quantitative estimate of drug-likeness (QED) is 0.821. The Labute approximate surface area is 98.5 Å². The Morgan fingerprint density at radius 3 is 2.75 bits per heavy atom. The Kier molecular flexibility index (Phi) is 3.59. The second-order valence-electron chi connectivity index (χ2n) is 5.03. The molecule has 1 aromatic heterocycles. The van der Waals surface area contributed by atoms with E-state index in [1.54, 1.807) is 0 Å². The number of hydrogen-bond donors (Lipinski definition) is 1. The molecule has 0 spiro atoms. The first-order chi connectivity index (χ1) is 7.72. The maximum absolute atomic E-state index is 4.31. The fourth-order valence-electron chi connectivity index (χ4n) is 2.47. The Bertz CT molecular complexity index is 344. The molecule has 2 atom stereocenters. The third-order valence-corrected chi connectivity index (χ3v) is 3.57. The van der Waals surface area contributed by atoms with E-state index in [0.717, 1.165) is 18.4 Å². The van der Waals surface area contributed by atoms with Gasteiger partial charge in [0, 0.05) is 18.4 Å². The van der Waals surface area contributed by atoms with Crippen LogP contribution in [0.25, 0.3) is 0 Å². The molecule has 1 aliphatic carbocycles. The molecule has 2 unspecified atom stereocenters. The molecule has 1 N–H and O–H groups in total. The van der Waals surface area contributed by atoms with Crippen LogP contribution in [0.5, 0.6) is 0 Å². The van der Waals surface area contributed by atoms with Crippen LogP contribution in [0.4, 0.5) is 0 Å².